The lowest BCUT2D eigenvalue weighted by Gasteiger charge is -2.35. The van der Waals surface area contributed by atoms with Crippen LogP contribution in [0.4, 0.5) is 17.3 Å². The van der Waals surface area contributed by atoms with E-state index in [9.17, 15) is 9.59 Å². The van der Waals surface area contributed by atoms with Gasteiger partial charge in [-0.15, -0.1) is 0 Å². The standard InChI is InChI=1S/C25H33N7O4/c1-26-22-13-21(28-19-8-5-11-31(25(19)34)15-6-4-7-16(12-15)35-2)30-23-17(14-27-32(22)23)24(33)29-18-9-10-20(18)36-3/h5,8,11,13-16,18,20,26H,4,6-7,9-10,12H2,1-3H3,(H,28,30)(H,29,33)/t15-,16+,18-,20-/m0/s1. The summed E-state index contributed by atoms with van der Waals surface area (Å²) < 4.78 is 14.3. The molecular formula is C25H33N7O4. The van der Waals surface area contributed by atoms with E-state index in [0.717, 1.165) is 38.5 Å². The minimum atomic E-state index is -0.254. The predicted octanol–water partition coefficient (Wildman–Crippen LogP) is 2.71. The van der Waals surface area contributed by atoms with E-state index in [-0.39, 0.29) is 35.8 Å². The van der Waals surface area contributed by atoms with Crippen LogP contribution >= 0.6 is 0 Å². The fraction of sp³-hybridized carbons (Fsp3) is 0.520. The molecule has 0 aliphatic heterocycles. The van der Waals surface area contributed by atoms with Crippen molar-refractivity contribution in [1.82, 2.24) is 24.5 Å². The molecule has 2 aliphatic rings. The Balaban J connectivity index is 1.43. The van der Waals surface area contributed by atoms with Crippen molar-refractivity contribution in [2.24, 2.45) is 0 Å². The fourth-order valence-corrected chi connectivity index (χ4v) is 5.15. The van der Waals surface area contributed by atoms with Gasteiger partial charge in [0.25, 0.3) is 11.5 Å². The van der Waals surface area contributed by atoms with Gasteiger partial charge in [-0.3, -0.25) is 9.59 Å². The first-order valence-electron chi connectivity index (χ1n) is 12.4. The first-order chi connectivity index (χ1) is 17.5. The number of rotatable bonds is 8. The highest BCUT2D eigenvalue weighted by molar-refractivity contribution is 6.00. The van der Waals surface area contributed by atoms with Crippen molar-refractivity contribution in [2.45, 2.75) is 62.8 Å². The molecule has 4 atom stereocenters. The number of methoxy groups -OCH3 is 2. The Kier molecular flexibility index (Phi) is 6.92. The number of anilines is 3. The van der Waals surface area contributed by atoms with E-state index in [4.69, 9.17) is 9.47 Å². The summed E-state index contributed by atoms with van der Waals surface area (Å²) in [5.41, 5.74) is 1.05. The summed E-state index contributed by atoms with van der Waals surface area (Å²) in [5, 5.41) is 13.6. The van der Waals surface area contributed by atoms with Gasteiger partial charge in [0, 0.05) is 39.6 Å². The molecular weight excluding hydrogens is 462 g/mol. The van der Waals surface area contributed by atoms with Crippen molar-refractivity contribution < 1.29 is 14.3 Å². The average Bonchev–Trinajstić information content (AvgIpc) is 3.31. The maximum atomic E-state index is 13.4. The number of fused-ring (bicyclic) bond motifs is 1. The zero-order chi connectivity index (χ0) is 25.2. The molecule has 2 fully saturated rings. The minimum absolute atomic E-state index is 0.0252. The Labute approximate surface area is 209 Å². The smallest absolute Gasteiger partial charge is 0.274 e. The topological polar surface area (TPSA) is 124 Å². The zero-order valence-corrected chi connectivity index (χ0v) is 20.9. The van der Waals surface area contributed by atoms with E-state index in [1.165, 1.54) is 6.20 Å². The summed E-state index contributed by atoms with van der Waals surface area (Å²) in [6.07, 6.45) is 9.12. The van der Waals surface area contributed by atoms with Gasteiger partial charge in [0.1, 0.15) is 22.9 Å². The number of ether oxygens (including phenoxy) is 2. The third-order valence-electron chi connectivity index (χ3n) is 7.37. The molecule has 0 spiro atoms. The van der Waals surface area contributed by atoms with Crippen LogP contribution in [0.3, 0.4) is 0 Å². The Morgan fingerprint density at radius 2 is 2.03 bits per heavy atom. The van der Waals surface area contributed by atoms with E-state index in [1.54, 1.807) is 42.5 Å². The summed E-state index contributed by atoms with van der Waals surface area (Å²) in [4.78, 5) is 31.0. The van der Waals surface area contributed by atoms with Crippen molar-refractivity contribution in [2.75, 3.05) is 31.9 Å². The van der Waals surface area contributed by atoms with Crippen LogP contribution in [0.5, 0.6) is 0 Å². The predicted molar refractivity (Wildman–Crippen MR) is 136 cm³/mol. The molecule has 192 valence electrons. The quantitative estimate of drug-likeness (QED) is 0.436. The molecule has 3 heterocycles. The summed E-state index contributed by atoms with van der Waals surface area (Å²) in [7, 11) is 5.14. The molecule has 11 heteroatoms. The first kappa shape index (κ1) is 24.3. The van der Waals surface area contributed by atoms with Crippen LogP contribution in [-0.2, 0) is 9.47 Å². The van der Waals surface area contributed by atoms with Gasteiger partial charge < -0.3 is 30.0 Å². The average molecular weight is 496 g/mol. The molecule has 0 bridgehead atoms. The summed E-state index contributed by atoms with van der Waals surface area (Å²) in [6.45, 7) is 0. The van der Waals surface area contributed by atoms with Crippen LogP contribution in [0.2, 0.25) is 0 Å². The van der Waals surface area contributed by atoms with E-state index in [1.807, 2.05) is 12.3 Å². The van der Waals surface area contributed by atoms with Gasteiger partial charge in [0.15, 0.2) is 5.65 Å². The van der Waals surface area contributed by atoms with E-state index >= 15 is 0 Å². The zero-order valence-electron chi connectivity index (χ0n) is 20.9. The number of nitrogens with zero attached hydrogens (tertiary/aromatic N) is 4. The Bertz CT molecular complexity index is 1300. The fourth-order valence-electron chi connectivity index (χ4n) is 5.15. The van der Waals surface area contributed by atoms with Gasteiger partial charge in [-0.1, -0.05) is 0 Å². The van der Waals surface area contributed by atoms with Gasteiger partial charge >= 0.3 is 0 Å². The Morgan fingerprint density at radius 1 is 1.17 bits per heavy atom. The molecule has 3 N–H and O–H groups in total. The summed E-state index contributed by atoms with van der Waals surface area (Å²) >= 11 is 0. The molecule has 0 radical (unpaired) electrons. The Hall–Kier alpha value is -3.44. The third kappa shape index (κ3) is 4.56. The molecule has 11 nitrogen and oxygen atoms in total. The monoisotopic (exact) mass is 495 g/mol. The molecule has 3 aromatic rings. The van der Waals surface area contributed by atoms with E-state index < -0.39 is 0 Å². The third-order valence-corrected chi connectivity index (χ3v) is 7.37. The second kappa shape index (κ2) is 10.3. The highest BCUT2D eigenvalue weighted by atomic mass is 16.5. The largest absolute Gasteiger partial charge is 0.381 e. The molecule has 0 saturated heterocycles. The van der Waals surface area contributed by atoms with Crippen LogP contribution in [0.25, 0.3) is 5.65 Å². The van der Waals surface area contributed by atoms with Gasteiger partial charge in [0.05, 0.1) is 24.4 Å². The lowest BCUT2D eigenvalue weighted by molar-refractivity contribution is 0.00732. The molecule has 3 aromatic heterocycles. The number of nitrogens with one attached hydrogen (secondary N) is 3. The van der Waals surface area contributed by atoms with Gasteiger partial charge in [0.2, 0.25) is 0 Å². The number of carbonyl (C=O) groups excluding carboxylic acids is 1. The van der Waals surface area contributed by atoms with Crippen LogP contribution < -0.4 is 21.5 Å². The van der Waals surface area contributed by atoms with Crippen molar-refractivity contribution >= 4 is 28.9 Å². The van der Waals surface area contributed by atoms with Crippen LogP contribution in [0.15, 0.2) is 35.4 Å². The number of amides is 1. The summed E-state index contributed by atoms with van der Waals surface area (Å²) in [6, 6.07) is 5.43. The maximum absolute atomic E-state index is 13.4. The van der Waals surface area contributed by atoms with Crippen molar-refractivity contribution in [3.8, 4) is 0 Å². The number of carbonyl (C=O) groups is 1. The van der Waals surface area contributed by atoms with Gasteiger partial charge in [-0.2, -0.15) is 9.61 Å². The highest BCUT2D eigenvalue weighted by Gasteiger charge is 2.33. The molecule has 2 saturated carbocycles. The second-order valence-electron chi connectivity index (χ2n) is 9.44. The SMILES string of the molecule is CNc1cc(Nc2cccn([C@H]3CCC[C@@H](OC)C3)c2=O)nc2c(C(=O)N[C@H]3CC[C@@H]3OC)cnn12. The lowest BCUT2D eigenvalue weighted by Crippen LogP contribution is -2.51. The Morgan fingerprint density at radius 3 is 2.75 bits per heavy atom. The van der Waals surface area contributed by atoms with Crippen LogP contribution in [0, 0.1) is 0 Å². The van der Waals surface area contributed by atoms with Crippen molar-refractivity contribution in [3.05, 3.63) is 46.5 Å². The second-order valence-corrected chi connectivity index (χ2v) is 9.44. The summed E-state index contributed by atoms with van der Waals surface area (Å²) in [5.74, 6) is 0.815. The number of aromatic nitrogens is 4. The van der Waals surface area contributed by atoms with Gasteiger partial charge in [-0.05, 0) is 50.7 Å². The van der Waals surface area contributed by atoms with Gasteiger partial charge in [-0.25, -0.2) is 4.98 Å². The molecule has 1 amide bonds. The van der Waals surface area contributed by atoms with Crippen LogP contribution in [0.1, 0.15) is 54.9 Å². The van der Waals surface area contributed by atoms with E-state index in [0.29, 0.717) is 28.5 Å². The maximum Gasteiger partial charge on any atom is 0.274 e. The van der Waals surface area contributed by atoms with Crippen molar-refractivity contribution in [1.29, 1.82) is 0 Å². The number of hydrogen-bond donors (Lipinski definition) is 3. The van der Waals surface area contributed by atoms with E-state index in [2.05, 4.69) is 26.0 Å². The lowest BCUT2D eigenvalue weighted by atomic mass is 9.89. The molecule has 0 aromatic carbocycles. The van der Waals surface area contributed by atoms with Crippen molar-refractivity contribution in [3.63, 3.8) is 0 Å². The van der Waals surface area contributed by atoms with Crippen LogP contribution in [-0.4, -0.2) is 64.6 Å². The normalized spacial score (nSPS) is 23.8. The molecule has 2 aliphatic carbocycles. The molecule has 5 rings (SSSR count). The number of hydrogen-bond acceptors (Lipinski definition) is 8. The first-order valence-corrected chi connectivity index (χ1v) is 12.4. The highest BCUT2D eigenvalue weighted by Crippen LogP contribution is 2.29. The minimum Gasteiger partial charge on any atom is -0.381 e. The molecule has 0 unspecified atom stereocenters. The molecule has 36 heavy (non-hydrogen) atoms. The number of pyridine rings is 1.